The number of piperidine rings is 1. The molecule has 3 unspecified atom stereocenters. The van der Waals surface area contributed by atoms with E-state index in [1.54, 1.807) is 0 Å². The molecule has 4 heteroatoms. The summed E-state index contributed by atoms with van der Waals surface area (Å²) < 4.78 is 6.00. The number of nitrogens with zero attached hydrogens (tertiary/aromatic N) is 2. The van der Waals surface area contributed by atoms with Gasteiger partial charge in [0.15, 0.2) is 5.96 Å². The molecule has 1 N–H and O–H groups in total. The minimum atomic E-state index is 0.203. The Kier molecular flexibility index (Phi) is 4.55. The Morgan fingerprint density at radius 1 is 1.27 bits per heavy atom. The predicted molar refractivity (Wildman–Crippen MR) is 90.4 cm³/mol. The van der Waals surface area contributed by atoms with E-state index in [0.29, 0.717) is 0 Å². The first-order valence-electron chi connectivity index (χ1n) is 8.36. The van der Waals surface area contributed by atoms with E-state index in [1.165, 1.54) is 12.0 Å². The molecule has 3 rings (SSSR count). The summed E-state index contributed by atoms with van der Waals surface area (Å²) >= 11 is 0. The number of ether oxygens (including phenoxy) is 1. The number of hydrogen-bond acceptors (Lipinski definition) is 2. The normalized spacial score (nSPS) is 28.2. The van der Waals surface area contributed by atoms with E-state index in [-0.39, 0.29) is 6.10 Å². The molecule has 2 aliphatic heterocycles. The summed E-state index contributed by atoms with van der Waals surface area (Å²) in [7, 11) is 1.87. The first-order chi connectivity index (χ1) is 10.7. The van der Waals surface area contributed by atoms with Crippen LogP contribution in [0.15, 0.2) is 29.3 Å². The summed E-state index contributed by atoms with van der Waals surface area (Å²) in [5, 5.41) is 3.51. The van der Waals surface area contributed by atoms with Crippen molar-refractivity contribution < 1.29 is 4.74 Å². The number of nitrogens with one attached hydrogen (secondary N) is 1. The first-order valence-corrected chi connectivity index (χ1v) is 8.36. The zero-order valence-corrected chi connectivity index (χ0v) is 13.9. The number of guanidine groups is 1. The van der Waals surface area contributed by atoms with Crippen LogP contribution >= 0.6 is 0 Å². The number of fused-ring (bicyclic) bond motifs is 1. The van der Waals surface area contributed by atoms with Gasteiger partial charge in [0.25, 0.3) is 0 Å². The summed E-state index contributed by atoms with van der Waals surface area (Å²) in [4.78, 5) is 6.86. The van der Waals surface area contributed by atoms with E-state index in [4.69, 9.17) is 4.74 Å². The van der Waals surface area contributed by atoms with E-state index in [1.807, 2.05) is 13.1 Å². The highest BCUT2D eigenvalue weighted by Crippen LogP contribution is 2.27. The van der Waals surface area contributed by atoms with Gasteiger partial charge in [-0.2, -0.15) is 0 Å². The molecule has 0 radical (unpaired) electrons. The molecule has 3 atom stereocenters. The Balaban J connectivity index is 1.54. The fourth-order valence-electron chi connectivity index (χ4n) is 3.74. The largest absolute Gasteiger partial charge is 0.488 e. The van der Waals surface area contributed by atoms with Crippen LogP contribution in [0.4, 0.5) is 0 Å². The van der Waals surface area contributed by atoms with Gasteiger partial charge in [-0.05, 0) is 29.9 Å². The maximum Gasteiger partial charge on any atom is 0.193 e. The molecule has 2 aliphatic rings. The zero-order valence-electron chi connectivity index (χ0n) is 13.9. The second-order valence-corrected chi connectivity index (χ2v) is 6.83. The van der Waals surface area contributed by atoms with Gasteiger partial charge in [0.1, 0.15) is 11.9 Å². The van der Waals surface area contributed by atoms with E-state index >= 15 is 0 Å². The standard InChI is InChI=1S/C18H27N3O/c1-13-8-14(2)12-21(11-13)18(19-3)20-10-16-9-15-6-4-5-7-17(15)22-16/h4-7,13-14,16H,8-12H2,1-3H3,(H,19,20). The molecule has 1 fully saturated rings. The van der Waals surface area contributed by atoms with Gasteiger partial charge in [-0.15, -0.1) is 0 Å². The van der Waals surface area contributed by atoms with E-state index in [9.17, 15) is 0 Å². The van der Waals surface area contributed by atoms with Crippen LogP contribution in [0.2, 0.25) is 0 Å². The molecular formula is C18H27N3O. The van der Waals surface area contributed by atoms with Crippen LogP contribution in [0.1, 0.15) is 25.8 Å². The lowest BCUT2D eigenvalue weighted by Crippen LogP contribution is -2.50. The lowest BCUT2D eigenvalue weighted by Gasteiger charge is -2.37. The second-order valence-electron chi connectivity index (χ2n) is 6.83. The van der Waals surface area contributed by atoms with E-state index in [2.05, 4.69) is 47.3 Å². The molecule has 0 bridgehead atoms. The summed E-state index contributed by atoms with van der Waals surface area (Å²) in [5.74, 6) is 3.51. The van der Waals surface area contributed by atoms with Crippen molar-refractivity contribution >= 4 is 5.96 Å². The van der Waals surface area contributed by atoms with Gasteiger partial charge in [0.05, 0.1) is 6.54 Å². The van der Waals surface area contributed by atoms with Crippen LogP contribution in [0.5, 0.6) is 5.75 Å². The van der Waals surface area contributed by atoms with Crippen LogP contribution in [0.25, 0.3) is 0 Å². The second kappa shape index (κ2) is 6.59. The Morgan fingerprint density at radius 2 is 2.00 bits per heavy atom. The third-order valence-electron chi connectivity index (χ3n) is 4.58. The summed E-state index contributed by atoms with van der Waals surface area (Å²) in [6.07, 6.45) is 2.50. The molecule has 0 spiro atoms. The topological polar surface area (TPSA) is 36.9 Å². The van der Waals surface area contributed by atoms with Gasteiger partial charge in [-0.25, -0.2) is 0 Å². The molecule has 1 aromatic rings. The van der Waals surface area contributed by atoms with Crippen LogP contribution in [0.3, 0.4) is 0 Å². The average Bonchev–Trinajstić information content (AvgIpc) is 2.89. The van der Waals surface area contributed by atoms with Gasteiger partial charge in [-0.1, -0.05) is 32.0 Å². The number of rotatable bonds is 2. The summed E-state index contributed by atoms with van der Waals surface area (Å²) in [6, 6.07) is 8.31. The molecule has 1 saturated heterocycles. The molecule has 0 amide bonds. The highest BCUT2D eigenvalue weighted by molar-refractivity contribution is 5.80. The molecule has 0 aromatic heterocycles. The molecule has 0 saturated carbocycles. The number of hydrogen-bond donors (Lipinski definition) is 1. The van der Waals surface area contributed by atoms with Gasteiger partial charge >= 0.3 is 0 Å². The zero-order chi connectivity index (χ0) is 15.5. The summed E-state index contributed by atoms with van der Waals surface area (Å²) in [5.41, 5.74) is 1.31. The number of benzene rings is 1. The highest BCUT2D eigenvalue weighted by Gasteiger charge is 2.26. The van der Waals surface area contributed by atoms with Crippen molar-refractivity contribution in [1.29, 1.82) is 0 Å². The van der Waals surface area contributed by atoms with Crippen molar-refractivity contribution in [3.63, 3.8) is 0 Å². The Bertz CT molecular complexity index is 508. The number of likely N-dealkylation sites (tertiary alicyclic amines) is 1. The third-order valence-corrected chi connectivity index (χ3v) is 4.58. The smallest absolute Gasteiger partial charge is 0.193 e. The SMILES string of the molecule is CN=C(NCC1Cc2ccccc2O1)N1CC(C)CC(C)C1. The summed E-state index contributed by atoms with van der Waals surface area (Å²) in [6.45, 7) is 7.64. The van der Waals surface area contributed by atoms with Crippen LogP contribution in [0, 0.1) is 11.8 Å². The van der Waals surface area contributed by atoms with Crippen molar-refractivity contribution in [2.24, 2.45) is 16.8 Å². The van der Waals surface area contributed by atoms with Crippen molar-refractivity contribution in [3.05, 3.63) is 29.8 Å². The molecule has 4 nitrogen and oxygen atoms in total. The monoisotopic (exact) mass is 301 g/mol. The van der Waals surface area contributed by atoms with Gasteiger partial charge in [0, 0.05) is 26.6 Å². The minimum Gasteiger partial charge on any atom is -0.488 e. The minimum absolute atomic E-state index is 0.203. The molecule has 22 heavy (non-hydrogen) atoms. The van der Waals surface area contributed by atoms with Crippen molar-refractivity contribution in [1.82, 2.24) is 10.2 Å². The molecule has 2 heterocycles. The lowest BCUT2D eigenvalue weighted by atomic mass is 9.92. The highest BCUT2D eigenvalue weighted by atomic mass is 16.5. The first kappa shape index (κ1) is 15.2. The maximum atomic E-state index is 6.00. The molecule has 120 valence electrons. The van der Waals surface area contributed by atoms with Gasteiger partial charge in [-0.3, -0.25) is 4.99 Å². The van der Waals surface area contributed by atoms with Crippen molar-refractivity contribution in [2.45, 2.75) is 32.8 Å². The maximum absolute atomic E-state index is 6.00. The number of para-hydroxylation sites is 1. The molecule has 0 aliphatic carbocycles. The fraction of sp³-hybridized carbons (Fsp3) is 0.611. The van der Waals surface area contributed by atoms with E-state index in [0.717, 1.165) is 49.6 Å². The predicted octanol–water partition coefficient (Wildman–Crippen LogP) is 2.54. The van der Waals surface area contributed by atoms with Crippen molar-refractivity contribution in [3.8, 4) is 5.75 Å². The third kappa shape index (κ3) is 3.37. The Labute approximate surface area is 133 Å². The van der Waals surface area contributed by atoms with Gasteiger partial charge in [0.2, 0.25) is 0 Å². The van der Waals surface area contributed by atoms with Crippen LogP contribution in [-0.2, 0) is 6.42 Å². The Hall–Kier alpha value is -1.71. The van der Waals surface area contributed by atoms with Crippen LogP contribution < -0.4 is 10.1 Å². The van der Waals surface area contributed by atoms with Crippen molar-refractivity contribution in [2.75, 3.05) is 26.7 Å². The average molecular weight is 301 g/mol. The molecular weight excluding hydrogens is 274 g/mol. The lowest BCUT2D eigenvalue weighted by molar-refractivity contribution is 0.201. The fourth-order valence-corrected chi connectivity index (χ4v) is 3.74. The molecule has 1 aromatic carbocycles. The van der Waals surface area contributed by atoms with Crippen LogP contribution in [-0.4, -0.2) is 43.6 Å². The van der Waals surface area contributed by atoms with E-state index < -0.39 is 0 Å². The Morgan fingerprint density at radius 3 is 2.68 bits per heavy atom. The quantitative estimate of drug-likeness (QED) is 0.674. The van der Waals surface area contributed by atoms with Gasteiger partial charge < -0.3 is 15.0 Å². The number of aliphatic imine (C=N–C) groups is 1.